The number of hydrogen-bond donors (Lipinski definition) is 1. The van der Waals surface area contributed by atoms with Crippen molar-refractivity contribution in [2.45, 2.75) is 0 Å². The molecule has 1 unspecified atom stereocenters. The van der Waals surface area contributed by atoms with E-state index in [1.807, 2.05) is 48.5 Å². The van der Waals surface area contributed by atoms with Gasteiger partial charge in [-0.3, -0.25) is 0 Å². The number of nitrogens with one attached hydrogen (secondary N) is 1. The quantitative estimate of drug-likeness (QED) is 0.323. The van der Waals surface area contributed by atoms with Crippen molar-refractivity contribution in [2.24, 2.45) is 0 Å². The Kier molecular flexibility index (Phi) is 3.29. The molecule has 0 fully saturated rings. The van der Waals surface area contributed by atoms with E-state index in [1.165, 1.54) is 10.8 Å². The molecule has 0 spiro atoms. The summed E-state index contributed by atoms with van der Waals surface area (Å²) in [6.07, 6.45) is 0. The van der Waals surface area contributed by atoms with Gasteiger partial charge in [0.15, 0.2) is 7.14 Å². The van der Waals surface area contributed by atoms with Crippen LogP contribution < -0.4 is 15.9 Å². The van der Waals surface area contributed by atoms with Gasteiger partial charge in [0, 0.05) is 37.7 Å². The van der Waals surface area contributed by atoms with Crippen LogP contribution in [-0.4, -0.2) is 4.98 Å². The number of hydrogen-bond acceptors (Lipinski definition) is 1. The van der Waals surface area contributed by atoms with Crippen molar-refractivity contribution in [1.82, 2.24) is 4.98 Å². The van der Waals surface area contributed by atoms with Gasteiger partial charge in [-0.25, -0.2) is 0 Å². The van der Waals surface area contributed by atoms with Crippen LogP contribution in [0.5, 0.6) is 0 Å². The number of fused-ring (bicyclic) bond motifs is 9. The molecule has 0 aliphatic carbocycles. The van der Waals surface area contributed by atoms with Gasteiger partial charge in [-0.1, -0.05) is 91.0 Å². The van der Waals surface area contributed by atoms with E-state index in [9.17, 15) is 0 Å². The van der Waals surface area contributed by atoms with Crippen molar-refractivity contribution in [3.05, 3.63) is 103 Å². The minimum absolute atomic E-state index is 0.892. The molecule has 2 nitrogen and oxygen atoms in total. The molecule has 5 aromatic carbocycles. The molecule has 0 saturated heterocycles. The molecule has 6 aromatic rings. The molecular formula is C28H18NOP. The second kappa shape index (κ2) is 5.97. The predicted octanol–water partition coefficient (Wildman–Crippen LogP) is 6.09. The molecule has 0 bridgehead atoms. The number of rotatable bonds is 1. The highest BCUT2D eigenvalue weighted by atomic mass is 31.2. The summed E-state index contributed by atoms with van der Waals surface area (Å²) in [6, 6.07) is 35.2. The average Bonchev–Trinajstić information content (AvgIpc) is 3.34. The van der Waals surface area contributed by atoms with Crippen LogP contribution in [0.2, 0.25) is 0 Å². The summed E-state index contributed by atoms with van der Waals surface area (Å²) in [5, 5.41) is 7.44. The third-order valence-electron chi connectivity index (χ3n) is 6.59. The highest BCUT2D eigenvalue weighted by Gasteiger charge is 2.42. The van der Waals surface area contributed by atoms with Crippen LogP contribution in [0.25, 0.3) is 43.7 Å². The van der Waals surface area contributed by atoms with Gasteiger partial charge in [0.1, 0.15) is 0 Å². The molecule has 0 radical (unpaired) electrons. The summed E-state index contributed by atoms with van der Waals surface area (Å²) in [7, 11) is -3.02. The molecule has 1 aliphatic rings. The van der Waals surface area contributed by atoms with Crippen LogP contribution in [0.15, 0.2) is 103 Å². The summed E-state index contributed by atoms with van der Waals surface area (Å²) in [4.78, 5) is 3.59. The molecule has 0 saturated carbocycles. The van der Waals surface area contributed by atoms with Crippen molar-refractivity contribution in [3.8, 4) is 11.1 Å². The Bertz CT molecular complexity index is 1710. The van der Waals surface area contributed by atoms with Gasteiger partial charge in [0.05, 0.1) is 0 Å². The van der Waals surface area contributed by atoms with E-state index >= 15 is 4.57 Å². The molecule has 1 aliphatic heterocycles. The Hall–Kier alpha value is -3.61. The first-order valence-electron chi connectivity index (χ1n) is 10.5. The maximum absolute atomic E-state index is 15.1. The summed E-state index contributed by atoms with van der Waals surface area (Å²) in [5.74, 6) is 0. The molecule has 0 amide bonds. The lowest BCUT2D eigenvalue weighted by molar-refractivity contribution is 0.593. The molecule has 7 rings (SSSR count). The van der Waals surface area contributed by atoms with Crippen molar-refractivity contribution in [2.75, 3.05) is 0 Å². The lowest BCUT2D eigenvalue weighted by atomic mass is 10.00. The minimum atomic E-state index is -3.02. The number of aromatic nitrogens is 1. The molecule has 31 heavy (non-hydrogen) atoms. The van der Waals surface area contributed by atoms with Crippen molar-refractivity contribution in [1.29, 1.82) is 0 Å². The van der Waals surface area contributed by atoms with Crippen molar-refractivity contribution >= 4 is 55.6 Å². The summed E-state index contributed by atoms with van der Waals surface area (Å²) < 4.78 is 15.1. The number of aromatic amines is 1. The van der Waals surface area contributed by atoms with Gasteiger partial charge in [-0.2, -0.15) is 0 Å². The minimum Gasteiger partial charge on any atom is -0.354 e. The van der Waals surface area contributed by atoms with Gasteiger partial charge in [-0.05, 0) is 34.0 Å². The Morgan fingerprint density at radius 1 is 0.581 bits per heavy atom. The lowest BCUT2D eigenvalue weighted by Crippen LogP contribution is -2.21. The monoisotopic (exact) mass is 415 g/mol. The Morgan fingerprint density at radius 2 is 1.29 bits per heavy atom. The molecule has 1 aromatic heterocycles. The second-order valence-corrected chi connectivity index (χ2v) is 10.8. The highest BCUT2D eigenvalue weighted by Crippen LogP contribution is 2.54. The fourth-order valence-electron chi connectivity index (χ4n) is 5.29. The largest absolute Gasteiger partial charge is 0.354 e. The van der Waals surface area contributed by atoms with Crippen LogP contribution >= 0.6 is 7.14 Å². The maximum Gasteiger partial charge on any atom is 0.172 e. The summed E-state index contributed by atoms with van der Waals surface area (Å²) >= 11 is 0. The first-order chi connectivity index (χ1) is 15.3. The molecular weight excluding hydrogens is 397 g/mol. The van der Waals surface area contributed by atoms with Gasteiger partial charge < -0.3 is 9.55 Å². The zero-order chi connectivity index (χ0) is 20.6. The molecule has 1 N–H and O–H groups in total. The smallest absolute Gasteiger partial charge is 0.172 e. The first-order valence-corrected chi connectivity index (χ1v) is 12.2. The first kappa shape index (κ1) is 17.1. The van der Waals surface area contributed by atoms with E-state index in [0.29, 0.717) is 0 Å². The fraction of sp³-hybridized carbons (Fsp3) is 0. The third-order valence-corrected chi connectivity index (χ3v) is 9.78. The fourth-order valence-corrected chi connectivity index (χ4v) is 8.57. The Morgan fingerprint density at radius 3 is 2.19 bits per heavy atom. The average molecular weight is 415 g/mol. The van der Waals surface area contributed by atoms with E-state index in [4.69, 9.17) is 0 Å². The second-order valence-electron chi connectivity index (χ2n) is 8.18. The van der Waals surface area contributed by atoms with Crippen LogP contribution in [0, 0.1) is 0 Å². The summed E-state index contributed by atoms with van der Waals surface area (Å²) in [5.41, 5.74) is 4.29. The van der Waals surface area contributed by atoms with Gasteiger partial charge in [-0.15, -0.1) is 0 Å². The Balaban J connectivity index is 1.75. The topological polar surface area (TPSA) is 32.9 Å². The van der Waals surface area contributed by atoms with Crippen molar-refractivity contribution in [3.63, 3.8) is 0 Å². The van der Waals surface area contributed by atoms with Gasteiger partial charge in [0.25, 0.3) is 0 Å². The van der Waals surface area contributed by atoms with E-state index in [0.717, 1.165) is 48.8 Å². The highest BCUT2D eigenvalue weighted by molar-refractivity contribution is 7.86. The van der Waals surface area contributed by atoms with Crippen molar-refractivity contribution < 1.29 is 4.57 Å². The van der Waals surface area contributed by atoms with E-state index in [1.54, 1.807) is 0 Å². The normalized spacial score (nSPS) is 17.3. The third kappa shape index (κ3) is 2.10. The van der Waals surface area contributed by atoms with E-state index < -0.39 is 7.14 Å². The van der Waals surface area contributed by atoms with Gasteiger partial charge >= 0.3 is 0 Å². The molecule has 2 heterocycles. The molecule has 3 heteroatoms. The van der Waals surface area contributed by atoms with E-state index in [-0.39, 0.29) is 0 Å². The number of benzene rings is 5. The van der Waals surface area contributed by atoms with E-state index in [2.05, 4.69) is 59.6 Å². The van der Waals surface area contributed by atoms with Crippen LogP contribution in [-0.2, 0) is 4.57 Å². The standard InChI is InChI=1S/C28H18NOP/c30-31(19-9-2-1-3-10-19)25-13-7-6-12-21(25)22-15-17-24-27(28(22)31)26-20-11-5-4-8-18(20)14-16-23(26)29-24/h1-17,29H. The predicted molar refractivity (Wildman–Crippen MR) is 132 cm³/mol. The SMILES string of the molecule is O=P1(c2ccccc2)c2ccccc2-c2ccc3[nH]c4ccc5ccccc5c4c3c21. The maximum atomic E-state index is 15.1. The molecule has 146 valence electrons. The summed E-state index contributed by atoms with van der Waals surface area (Å²) in [6.45, 7) is 0. The zero-order valence-corrected chi connectivity index (χ0v) is 17.6. The Labute approximate surface area is 179 Å². The lowest BCUT2D eigenvalue weighted by Gasteiger charge is -2.17. The van der Waals surface area contributed by atoms with Crippen LogP contribution in [0.4, 0.5) is 0 Å². The van der Waals surface area contributed by atoms with Crippen LogP contribution in [0.1, 0.15) is 0 Å². The molecule has 1 atom stereocenters. The zero-order valence-electron chi connectivity index (χ0n) is 16.7. The number of H-pyrrole nitrogens is 1. The van der Waals surface area contributed by atoms with Crippen LogP contribution in [0.3, 0.4) is 0 Å². The van der Waals surface area contributed by atoms with Gasteiger partial charge in [0.2, 0.25) is 0 Å².